The first-order valence-corrected chi connectivity index (χ1v) is 12.5. The minimum absolute atomic E-state index is 0.0989. The van der Waals surface area contributed by atoms with Crippen molar-refractivity contribution in [3.63, 3.8) is 0 Å². The average molecular weight is 441 g/mol. The van der Waals surface area contributed by atoms with E-state index in [9.17, 15) is 0 Å². The van der Waals surface area contributed by atoms with Crippen molar-refractivity contribution in [1.82, 2.24) is 9.97 Å². The predicted octanol–water partition coefficient (Wildman–Crippen LogP) is 7.70. The summed E-state index contributed by atoms with van der Waals surface area (Å²) in [6, 6.07) is 16.1. The molecule has 4 heteroatoms. The zero-order chi connectivity index (χ0) is 23.3. The minimum atomic E-state index is 0.0989. The van der Waals surface area contributed by atoms with Gasteiger partial charge in [0.1, 0.15) is 6.17 Å². The van der Waals surface area contributed by atoms with Crippen LogP contribution in [0.15, 0.2) is 54.9 Å². The fourth-order valence-electron chi connectivity index (χ4n) is 5.76. The Bertz CT molecular complexity index is 1140. The van der Waals surface area contributed by atoms with E-state index in [1.54, 1.807) is 0 Å². The Morgan fingerprint density at radius 3 is 1.97 bits per heavy atom. The summed E-state index contributed by atoms with van der Waals surface area (Å²) >= 11 is 0. The normalized spacial score (nSPS) is 18.5. The van der Waals surface area contributed by atoms with Gasteiger partial charge in [0.2, 0.25) is 0 Å². The second-order valence-electron chi connectivity index (χ2n) is 10.4. The van der Waals surface area contributed by atoms with Crippen molar-refractivity contribution in [2.24, 2.45) is 5.41 Å². The molecule has 0 spiro atoms. The summed E-state index contributed by atoms with van der Waals surface area (Å²) in [5, 5.41) is 0. The fraction of sp³-hybridized carbons (Fsp3) is 0.448. The standard InChI is InChI=1S/C29H36N4/c1-7-29(8-2)18-23-17-22(20(5)6)11-14-25(23)33-27-26(30-15-16-31-27)32(28(29)33)24-12-9-21(10-13-24)19(3)4/h9-17,19-20,28H,7-8,18H2,1-6H3. The number of nitrogens with zero attached hydrogens (tertiary/aromatic N) is 4. The van der Waals surface area contributed by atoms with Crippen molar-refractivity contribution in [3.8, 4) is 0 Å². The van der Waals surface area contributed by atoms with Crippen molar-refractivity contribution in [2.75, 3.05) is 9.80 Å². The highest BCUT2D eigenvalue weighted by Gasteiger charge is 2.54. The number of hydrogen-bond donors (Lipinski definition) is 0. The van der Waals surface area contributed by atoms with Gasteiger partial charge < -0.3 is 9.80 Å². The monoisotopic (exact) mass is 440 g/mol. The van der Waals surface area contributed by atoms with Gasteiger partial charge in [-0.15, -0.1) is 0 Å². The second-order valence-corrected chi connectivity index (χ2v) is 10.4. The quantitative estimate of drug-likeness (QED) is 0.407. The molecule has 0 N–H and O–H groups in total. The van der Waals surface area contributed by atoms with E-state index in [0.717, 1.165) is 30.9 Å². The highest BCUT2D eigenvalue weighted by molar-refractivity contribution is 5.86. The van der Waals surface area contributed by atoms with Gasteiger partial charge in [-0.1, -0.05) is 65.8 Å². The SMILES string of the molecule is CCC1(CC)Cc2cc(C(C)C)ccc2N2c3nccnc3N(c3ccc(C(C)C)cc3)C21. The molecule has 4 nitrogen and oxygen atoms in total. The molecule has 3 aromatic rings. The Hall–Kier alpha value is -2.88. The van der Waals surface area contributed by atoms with Crippen LogP contribution >= 0.6 is 0 Å². The summed E-state index contributed by atoms with van der Waals surface area (Å²) in [4.78, 5) is 14.7. The molecule has 2 aliphatic rings. The number of anilines is 4. The van der Waals surface area contributed by atoms with E-state index in [0.29, 0.717) is 11.8 Å². The lowest BCUT2D eigenvalue weighted by Crippen LogP contribution is -2.55. The van der Waals surface area contributed by atoms with Crippen molar-refractivity contribution in [3.05, 3.63) is 71.5 Å². The Kier molecular flexibility index (Phi) is 5.43. The van der Waals surface area contributed by atoms with E-state index in [2.05, 4.69) is 93.8 Å². The Morgan fingerprint density at radius 1 is 0.818 bits per heavy atom. The van der Waals surface area contributed by atoms with Gasteiger partial charge in [0, 0.05) is 29.2 Å². The molecule has 2 aromatic carbocycles. The molecule has 33 heavy (non-hydrogen) atoms. The lowest BCUT2D eigenvalue weighted by molar-refractivity contribution is 0.197. The third kappa shape index (κ3) is 3.34. The Balaban J connectivity index is 1.72. The molecule has 1 aromatic heterocycles. The van der Waals surface area contributed by atoms with Gasteiger partial charge in [-0.25, -0.2) is 9.97 Å². The maximum atomic E-state index is 4.88. The predicted molar refractivity (Wildman–Crippen MR) is 138 cm³/mol. The topological polar surface area (TPSA) is 32.3 Å². The summed E-state index contributed by atoms with van der Waals surface area (Å²) in [6.45, 7) is 13.7. The van der Waals surface area contributed by atoms with Crippen molar-refractivity contribution in [2.45, 2.75) is 78.8 Å². The molecule has 172 valence electrons. The van der Waals surface area contributed by atoms with Crippen LogP contribution in [0, 0.1) is 5.41 Å². The van der Waals surface area contributed by atoms with Crippen LogP contribution in [0.1, 0.15) is 82.9 Å². The largest absolute Gasteiger partial charge is 0.301 e. The first-order chi connectivity index (χ1) is 15.9. The molecular weight excluding hydrogens is 404 g/mol. The third-order valence-corrected chi connectivity index (χ3v) is 7.97. The molecule has 3 heterocycles. The van der Waals surface area contributed by atoms with Gasteiger partial charge in [-0.05, 0) is 66.0 Å². The summed E-state index contributed by atoms with van der Waals surface area (Å²) in [5.41, 5.74) is 6.79. The van der Waals surface area contributed by atoms with E-state index in [4.69, 9.17) is 9.97 Å². The van der Waals surface area contributed by atoms with E-state index >= 15 is 0 Å². The number of hydrogen-bond acceptors (Lipinski definition) is 4. The van der Waals surface area contributed by atoms with Crippen molar-refractivity contribution in [1.29, 1.82) is 0 Å². The van der Waals surface area contributed by atoms with Gasteiger partial charge in [0.05, 0.1) is 0 Å². The van der Waals surface area contributed by atoms with Crippen LogP contribution in [0.5, 0.6) is 0 Å². The highest BCUT2D eigenvalue weighted by atomic mass is 15.5. The lowest BCUT2D eigenvalue weighted by atomic mass is 9.70. The third-order valence-electron chi connectivity index (χ3n) is 7.97. The first kappa shape index (κ1) is 21.9. The molecule has 1 unspecified atom stereocenters. The average Bonchev–Trinajstić information content (AvgIpc) is 3.19. The second kappa shape index (κ2) is 8.16. The zero-order valence-electron chi connectivity index (χ0n) is 20.8. The van der Waals surface area contributed by atoms with Gasteiger partial charge in [-0.2, -0.15) is 0 Å². The van der Waals surface area contributed by atoms with E-state index in [-0.39, 0.29) is 11.6 Å². The molecule has 0 fully saturated rings. The number of aromatic nitrogens is 2. The maximum Gasteiger partial charge on any atom is 0.178 e. The molecule has 2 aliphatic heterocycles. The minimum Gasteiger partial charge on any atom is -0.301 e. The smallest absolute Gasteiger partial charge is 0.178 e. The first-order valence-electron chi connectivity index (χ1n) is 12.5. The molecular formula is C29H36N4. The zero-order valence-corrected chi connectivity index (χ0v) is 20.8. The van der Waals surface area contributed by atoms with Gasteiger partial charge in [0.25, 0.3) is 0 Å². The number of benzene rings is 2. The Morgan fingerprint density at radius 2 is 1.39 bits per heavy atom. The van der Waals surface area contributed by atoms with Gasteiger partial charge in [0.15, 0.2) is 11.6 Å². The summed E-state index contributed by atoms with van der Waals surface area (Å²) < 4.78 is 0. The molecule has 0 bridgehead atoms. The fourth-order valence-corrected chi connectivity index (χ4v) is 5.76. The molecule has 0 aliphatic carbocycles. The molecule has 5 rings (SSSR count). The summed E-state index contributed by atoms with van der Waals surface area (Å²) in [7, 11) is 0. The van der Waals surface area contributed by atoms with Crippen LogP contribution in [0.25, 0.3) is 0 Å². The van der Waals surface area contributed by atoms with E-state index in [1.165, 1.54) is 28.1 Å². The molecule has 0 saturated heterocycles. The number of rotatable bonds is 5. The Labute approximate surface area is 198 Å². The lowest BCUT2D eigenvalue weighted by Gasteiger charge is -2.50. The maximum absolute atomic E-state index is 4.88. The van der Waals surface area contributed by atoms with Crippen molar-refractivity contribution >= 4 is 23.0 Å². The van der Waals surface area contributed by atoms with Crippen LogP contribution < -0.4 is 9.80 Å². The number of fused-ring (bicyclic) bond motifs is 5. The van der Waals surface area contributed by atoms with Gasteiger partial charge >= 0.3 is 0 Å². The van der Waals surface area contributed by atoms with Crippen LogP contribution in [-0.4, -0.2) is 16.1 Å². The van der Waals surface area contributed by atoms with E-state index in [1.807, 2.05) is 12.4 Å². The highest BCUT2D eigenvalue weighted by Crippen LogP contribution is 2.57. The van der Waals surface area contributed by atoms with Crippen LogP contribution in [0.3, 0.4) is 0 Å². The molecule has 0 radical (unpaired) electrons. The van der Waals surface area contributed by atoms with Crippen LogP contribution in [-0.2, 0) is 6.42 Å². The van der Waals surface area contributed by atoms with Crippen LogP contribution in [0.4, 0.5) is 23.0 Å². The molecule has 0 amide bonds. The van der Waals surface area contributed by atoms with Crippen molar-refractivity contribution < 1.29 is 0 Å². The van der Waals surface area contributed by atoms with Crippen LogP contribution in [0.2, 0.25) is 0 Å². The van der Waals surface area contributed by atoms with Gasteiger partial charge in [-0.3, -0.25) is 0 Å². The van der Waals surface area contributed by atoms with E-state index < -0.39 is 0 Å². The summed E-state index contributed by atoms with van der Waals surface area (Å²) in [5.74, 6) is 2.97. The summed E-state index contributed by atoms with van der Waals surface area (Å²) in [6.07, 6.45) is 7.10. The molecule has 1 atom stereocenters. The molecule has 0 saturated carbocycles.